The maximum atomic E-state index is 12.6. The van der Waals surface area contributed by atoms with Crippen molar-refractivity contribution >= 4 is 17.7 Å². The van der Waals surface area contributed by atoms with Gasteiger partial charge in [-0.15, -0.1) is 10.2 Å². The molecule has 1 aromatic carbocycles. The van der Waals surface area contributed by atoms with Crippen molar-refractivity contribution in [1.29, 1.82) is 0 Å². The van der Waals surface area contributed by atoms with Crippen LogP contribution >= 0.6 is 11.8 Å². The summed E-state index contributed by atoms with van der Waals surface area (Å²) in [5, 5.41) is 11.9. The highest BCUT2D eigenvalue weighted by Gasteiger charge is 2.17. The van der Waals surface area contributed by atoms with E-state index in [2.05, 4.69) is 34.3 Å². The summed E-state index contributed by atoms with van der Waals surface area (Å²) in [4.78, 5) is 16.8. The first-order valence-electron chi connectivity index (χ1n) is 9.44. The number of methoxy groups -OCH3 is 1. The quantitative estimate of drug-likeness (QED) is 0.541. The summed E-state index contributed by atoms with van der Waals surface area (Å²) in [5.41, 5.74) is 1.92. The lowest BCUT2D eigenvalue weighted by atomic mass is 9.97. The zero-order valence-corrected chi connectivity index (χ0v) is 17.6. The average Bonchev–Trinajstić information content (AvgIpc) is 3.21. The Kier molecular flexibility index (Phi) is 7.24. The van der Waals surface area contributed by atoms with Crippen LogP contribution in [0.25, 0.3) is 5.69 Å². The molecule has 29 heavy (non-hydrogen) atoms. The Balaban J connectivity index is 1.63. The van der Waals surface area contributed by atoms with Crippen molar-refractivity contribution in [3.05, 3.63) is 60.6 Å². The molecule has 0 radical (unpaired) electrons. The fraction of sp³-hybridized carbons (Fsp3) is 0.333. The number of hydrogen-bond donors (Lipinski definition) is 1. The monoisotopic (exact) mass is 411 g/mol. The topological polar surface area (TPSA) is 81.9 Å². The summed E-state index contributed by atoms with van der Waals surface area (Å²) in [6, 6.07) is 13.7. The molecule has 0 fully saturated rings. The van der Waals surface area contributed by atoms with E-state index >= 15 is 0 Å². The number of pyridine rings is 1. The Morgan fingerprint density at radius 2 is 2.00 bits per heavy atom. The molecule has 0 saturated heterocycles. The number of nitrogens with one attached hydrogen (secondary N) is 1. The third-order valence-corrected chi connectivity index (χ3v) is 5.24. The second-order valence-electron chi connectivity index (χ2n) is 6.99. The highest BCUT2D eigenvalue weighted by Crippen LogP contribution is 2.23. The Hall–Kier alpha value is -2.87. The highest BCUT2D eigenvalue weighted by atomic mass is 32.2. The van der Waals surface area contributed by atoms with Crippen molar-refractivity contribution in [2.24, 2.45) is 5.92 Å². The van der Waals surface area contributed by atoms with Crippen LogP contribution in [0.3, 0.4) is 0 Å². The molecule has 1 unspecified atom stereocenters. The molecule has 0 bridgehead atoms. The second-order valence-corrected chi connectivity index (χ2v) is 7.93. The maximum Gasteiger partial charge on any atom is 0.230 e. The van der Waals surface area contributed by atoms with Gasteiger partial charge >= 0.3 is 0 Å². The van der Waals surface area contributed by atoms with Crippen LogP contribution in [0.15, 0.2) is 60.1 Å². The minimum Gasteiger partial charge on any atom is -0.481 e. The normalized spacial score (nSPS) is 12.0. The molecule has 0 spiro atoms. The number of ether oxygens (including phenoxy) is 1. The molecule has 1 atom stereocenters. The van der Waals surface area contributed by atoms with E-state index in [1.807, 2.05) is 36.4 Å². The van der Waals surface area contributed by atoms with E-state index in [1.54, 1.807) is 30.3 Å². The van der Waals surface area contributed by atoms with Gasteiger partial charge in [0.05, 0.1) is 30.8 Å². The fourth-order valence-electron chi connectivity index (χ4n) is 2.94. The Labute approximate surface area is 174 Å². The molecule has 1 N–H and O–H groups in total. The standard InChI is InChI=1S/C21H25N5O2S/c1-15(2)11-18(16-7-5-4-6-8-16)24-19(27)13-29-21-25-23-14-26(21)17-9-10-20(28-3)22-12-17/h4-10,12,14-15,18H,11,13H2,1-3H3,(H,24,27). The summed E-state index contributed by atoms with van der Waals surface area (Å²) in [6.45, 7) is 4.31. The van der Waals surface area contributed by atoms with Crippen LogP contribution in [0.1, 0.15) is 31.9 Å². The Morgan fingerprint density at radius 3 is 2.66 bits per heavy atom. The molecule has 8 heteroatoms. The van der Waals surface area contributed by atoms with Crippen LogP contribution in [0.4, 0.5) is 0 Å². The molecule has 2 heterocycles. The maximum absolute atomic E-state index is 12.6. The number of rotatable bonds is 9. The van der Waals surface area contributed by atoms with Crippen LogP contribution in [-0.2, 0) is 4.79 Å². The number of benzene rings is 1. The number of amides is 1. The lowest BCUT2D eigenvalue weighted by Gasteiger charge is -2.21. The number of nitrogens with zero attached hydrogens (tertiary/aromatic N) is 4. The molecular formula is C21H25N5O2S. The van der Waals surface area contributed by atoms with Crippen LogP contribution in [-0.4, -0.2) is 38.5 Å². The molecule has 2 aromatic heterocycles. The highest BCUT2D eigenvalue weighted by molar-refractivity contribution is 7.99. The number of thioether (sulfide) groups is 1. The number of aromatic nitrogens is 4. The molecule has 3 rings (SSSR count). The van der Waals surface area contributed by atoms with Crippen molar-refractivity contribution < 1.29 is 9.53 Å². The van der Waals surface area contributed by atoms with Gasteiger partial charge in [0.2, 0.25) is 11.8 Å². The lowest BCUT2D eigenvalue weighted by molar-refractivity contribution is -0.119. The van der Waals surface area contributed by atoms with Gasteiger partial charge in [-0.2, -0.15) is 0 Å². The number of hydrogen-bond acceptors (Lipinski definition) is 6. The van der Waals surface area contributed by atoms with Crippen molar-refractivity contribution in [3.63, 3.8) is 0 Å². The van der Waals surface area contributed by atoms with E-state index in [0.717, 1.165) is 17.7 Å². The van der Waals surface area contributed by atoms with E-state index in [-0.39, 0.29) is 17.7 Å². The Bertz CT molecular complexity index is 912. The molecule has 0 aliphatic rings. The molecule has 1 amide bonds. The van der Waals surface area contributed by atoms with Gasteiger partial charge in [0, 0.05) is 6.07 Å². The minimum absolute atomic E-state index is 0.00652. The summed E-state index contributed by atoms with van der Waals surface area (Å²) in [7, 11) is 1.57. The second kappa shape index (κ2) is 10.1. The van der Waals surface area contributed by atoms with Gasteiger partial charge in [-0.05, 0) is 24.0 Å². The van der Waals surface area contributed by atoms with Gasteiger partial charge in [-0.3, -0.25) is 9.36 Å². The molecule has 0 aliphatic heterocycles. The van der Waals surface area contributed by atoms with Crippen LogP contribution in [0, 0.1) is 5.92 Å². The average molecular weight is 412 g/mol. The number of carbonyl (C=O) groups excluding carboxylic acids is 1. The summed E-state index contributed by atoms with van der Waals surface area (Å²) in [5.74, 6) is 1.22. The molecule has 0 saturated carbocycles. The molecule has 152 valence electrons. The molecular weight excluding hydrogens is 386 g/mol. The largest absolute Gasteiger partial charge is 0.481 e. The van der Waals surface area contributed by atoms with Gasteiger partial charge in [0.15, 0.2) is 5.16 Å². The van der Waals surface area contributed by atoms with E-state index in [9.17, 15) is 4.79 Å². The molecule has 7 nitrogen and oxygen atoms in total. The van der Waals surface area contributed by atoms with Crippen LogP contribution in [0.5, 0.6) is 5.88 Å². The first kappa shape index (κ1) is 20.9. The molecule has 3 aromatic rings. The first-order valence-corrected chi connectivity index (χ1v) is 10.4. The van der Waals surface area contributed by atoms with E-state index in [1.165, 1.54) is 11.8 Å². The third kappa shape index (κ3) is 5.80. The zero-order valence-electron chi connectivity index (χ0n) is 16.8. The predicted molar refractivity (Wildman–Crippen MR) is 113 cm³/mol. The SMILES string of the molecule is COc1ccc(-n2cnnc2SCC(=O)NC(CC(C)C)c2ccccc2)cn1. The van der Waals surface area contributed by atoms with Crippen molar-refractivity contribution in [1.82, 2.24) is 25.1 Å². The first-order chi connectivity index (χ1) is 14.1. The van der Waals surface area contributed by atoms with Gasteiger partial charge in [-0.25, -0.2) is 4.98 Å². The van der Waals surface area contributed by atoms with Crippen molar-refractivity contribution in [2.45, 2.75) is 31.5 Å². The van der Waals surface area contributed by atoms with Crippen molar-refractivity contribution in [2.75, 3.05) is 12.9 Å². The molecule has 0 aliphatic carbocycles. The van der Waals surface area contributed by atoms with Gasteiger partial charge in [-0.1, -0.05) is 55.9 Å². The summed E-state index contributed by atoms with van der Waals surface area (Å²) >= 11 is 1.34. The zero-order chi connectivity index (χ0) is 20.6. The smallest absolute Gasteiger partial charge is 0.230 e. The predicted octanol–water partition coefficient (Wildman–Crippen LogP) is 3.67. The van der Waals surface area contributed by atoms with E-state index < -0.39 is 0 Å². The van der Waals surface area contributed by atoms with E-state index in [0.29, 0.717) is 17.0 Å². The summed E-state index contributed by atoms with van der Waals surface area (Å²) < 4.78 is 6.89. The minimum atomic E-state index is -0.0353. The lowest BCUT2D eigenvalue weighted by Crippen LogP contribution is -2.31. The Morgan fingerprint density at radius 1 is 1.21 bits per heavy atom. The van der Waals surface area contributed by atoms with Gasteiger partial charge < -0.3 is 10.1 Å². The van der Waals surface area contributed by atoms with Crippen molar-refractivity contribution in [3.8, 4) is 11.6 Å². The fourth-order valence-corrected chi connectivity index (χ4v) is 3.68. The van der Waals surface area contributed by atoms with Gasteiger partial charge in [0.25, 0.3) is 0 Å². The third-order valence-electron chi connectivity index (χ3n) is 4.30. The van der Waals surface area contributed by atoms with Crippen LogP contribution < -0.4 is 10.1 Å². The summed E-state index contributed by atoms with van der Waals surface area (Å²) in [6.07, 6.45) is 4.17. The van der Waals surface area contributed by atoms with Crippen LogP contribution in [0.2, 0.25) is 0 Å². The van der Waals surface area contributed by atoms with Gasteiger partial charge in [0.1, 0.15) is 6.33 Å². The number of carbonyl (C=O) groups is 1. The van der Waals surface area contributed by atoms with E-state index in [4.69, 9.17) is 4.74 Å².